The molecular weight excluding hydrogens is 312 g/mol. The zero-order valence-electron chi connectivity index (χ0n) is 14.2. The minimum absolute atomic E-state index is 0.114. The maximum Gasteiger partial charge on any atom is 0.258 e. The van der Waals surface area contributed by atoms with Crippen LogP contribution < -0.4 is 10.1 Å². The van der Waals surface area contributed by atoms with Crippen molar-refractivity contribution in [2.45, 2.75) is 31.3 Å². The number of ether oxygens (including phenoxy) is 1. The van der Waals surface area contributed by atoms with Crippen LogP contribution in [0, 0.1) is 0 Å². The number of rotatable bonds is 1. The predicted octanol–water partition coefficient (Wildman–Crippen LogP) is 3.24. The van der Waals surface area contributed by atoms with Gasteiger partial charge in [0, 0.05) is 31.1 Å². The topological polar surface area (TPSA) is 41.6 Å². The van der Waals surface area contributed by atoms with Gasteiger partial charge in [0.1, 0.15) is 12.4 Å². The highest BCUT2D eigenvalue weighted by atomic mass is 16.5. The molecule has 2 bridgehead atoms. The van der Waals surface area contributed by atoms with Crippen LogP contribution in [0.15, 0.2) is 42.5 Å². The normalized spacial score (nSPS) is 24.1. The minimum atomic E-state index is 0.114. The first-order valence-electron chi connectivity index (χ1n) is 9.18. The fourth-order valence-corrected chi connectivity index (χ4v) is 4.62. The monoisotopic (exact) mass is 334 g/mol. The van der Waals surface area contributed by atoms with Gasteiger partial charge in [-0.1, -0.05) is 36.4 Å². The summed E-state index contributed by atoms with van der Waals surface area (Å²) in [7, 11) is 0. The Bertz CT molecular complexity index is 832. The van der Waals surface area contributed by atoms with Crippen LogP contribution in [0.3, 0.4) is 0 Å². The van der Waals surface area contributed by atoms with E-state index >= 15 is 0 Å². The molecule has 2 atom stereocenters. The van der Waals surface area contributed by atoms with E-state index in [1.807, 2.05) is 18.2 Å². The van der Waals surface area contributed by atoms with Crippen molar-refractivity contribution in [2.24, 2.45) is 0 Å². The van der Waals surface area contributed by atoms with Crippen LogP contribution in [0.2, 0.25) is 0 Å². The van der Waals surface area contributed by atoms with E-state index in [4.69, 9.17) is 4.74 Å². The lowest BCUT2D eigenvalue weighted by atomic mass is 9.74. The van der Waals surface area contributed by atoms with Crippen molar-refractivity contribution in [2.75, 3.05) is 19.7 Å². The molecule has 1 amide bonds. The van der Waals surface area contributed by atoms with Crippen molar-refractivity contribution in [1.29, 1.82) is 0 Å². The number of amides is 1. The molecule has 25 heavy (non-hydrogen) atoms. The smallest absolute Gasteiger partial charge is 0.258 e. The summed E-state index contributed by atoms with van der Waals surface area (Å²) in [4.78, 5) is 15.5. The first-order chi connectivity index (χ1) is 12.3. The number of carbonyl (C=O) groups excluding carboxylic acids is 1. The number of piperidine rings is 1. The molecule has 0 saturated carbocycles. The van der Waals surface area contributed by atoms with E-state index < -0.39 is 0 Å². The Balaban J connectivity index is 1.53. The van der Waals surface area contributed by atoms with Gasteiger partial charge in [-0.3, -0.25) is 4.79 Å². The van der Waals surface area contributed by atoms with Gasteiger partial charge in [-0.2, -0.15) is 0 Å². The lowest BCUT2D eigenvalue weighted by Crippen LogP contribution is -2.45. The fourth-order valence-electron chi connectivity index (χ4n) is 4.62. The Hall–Kier alpha value is -2.33. The van der Waals surface area contributed by atoms with Crippen LogP contribution in [0.25, 0.3) is 0 Å². The molecule has 2 aromatic carbocycles. The molecule has 4 heteroatoms. The Morgan fingerprint density at radius 3 is 2.88 bits per heavy atom. The number of fused-ring (bicyclic) bond motifs is 3. The number of hydrogen-bond acceptors (Lipinski definition) is 3. The SMILES string of the molecule is O=C(c1cccc2c1OCCNC2)N1C[C@@H]2CC[C@H]1c1ccccc12. The molecule has 3 aliphatic heterocycles. The van der Waals surface area contributed by atoms with Gasteiger partial charge >= 0.3 is 0 Å². The lowest BCUT2D eigenvalue weighted by molar-refractivity contribution is 0.0537. The molecule has 1 N–H and O–H groups in total. The van der Waals surface area contributed by atoms with E-state index in [2.05, 4.69) is 34.5 Å². The molecule has 2 aromatic rings. The summed E-state index contributed by atoms with van der Waals surface area (Å²) in [6, 6.07) is 14.8. The Kier molecular flexibility index (Phi) is 3.52. The summed E-state index contributed by atoms with van der Waals surface area (Å²) in [6.45, 7) is 2.99. The summed E-state index contributed by atoms with van der Waals surface area (Å²) in [5.74, 6) is 1.35. The summed E-state index contributed by atoms with van der Waals surface area (Å²) in [6.07, 6.45) is 2.24. The van der Waals surface area contributed by atoms with Crippen LogP contribution in [0.5, 0.6) is 5.75 Å². The van der Waals surface area contributed by atoms with Crippen molar-refractivity contribution in [3.8, 4) is 5.75 Å². The van der Waals surface area contributed by atoms with Crippen LogP contribution in [0.1, 0.15) is 51.8 Å². The molecule has 4 aliphatic rings. The average Bonchev–Trinajstić information content (AvgIpc) is 2.93. The van der Waals surface area contributed by atoms with Gasteiger partial charge in [-0.25, -0.2) is 0 Å². The number of benzene rings is 2. The molecule has 0 unspecified atom stereocenters. The number of para-hydroxylation sites is 1. The highest BCUT2D eigenvalue weighted by molar-refractivity contribution is 5.98. The Labute approximate surface area is 147 Å². The fraction of sp³-hybridized carbons (Fsp3) is 0.381. The second-order valence-corrected chi connectivity index (χ2v) is 7.20. The van der Waals surface area contributed by atoms with E-state index in [-0.39, 0.29) is 11.9 Å². The highest BCUT2D eigenvalue weighted by Crippen LogP contribution is 2.47. The molecule has 3 heterocycles. The summed E-state index contributed by atoms with van der Waals surface area (Å²) in [5, 5.41) is 3.34. The molecule has 1 aliphatic carbocycles. The largest absolute Gasteiger partial charge is 0.491 e. The van der Waals surface area contributed by atoms with E-state index in [9.17, 15) is 4.79 Å². The van der Waals surface area contributed by atoms with Gasteiger partial charge in [0.2, 0.25) is 0 Å². The van der Waals surface area contributed by atoms with Crippen molar-refractivity contribution in [3.05, 3.63) is 64.7 Å². The predicted molar refractivity (Wildman–Crippen MR) is 95.8 cm³/mol. The van der Waals surface area contributed by atoms with Gasteiger partial charge in [0.25, 0.3) is 5.91 Å². The summed E-state index contributed by atoms with van der Waals surface area (Å²) < 4.78 is 5.93. The second-order valence-electron chi connectivity index (χ2n) is 7.20. The van der Waals surface area contributed by atoms with E-state index in [1.165, 1.54) is 17.5 Å². The molecule has 1 saturated heterocycles. The molecule has 1 fully saturated rings. The van der Waals surface area contributed by atoms with Gasteiger partial charge < -0.3 is 15.0 Å². The van der Waals surface area contributed by atoms with Crippen LogP contribution in [-0.4, -0.2) is 30.5 Å². The van der Waals surface area contributed by atoms with E-state index in [0.717, 1.165) is 37.4 Å². The van der Waals surface area contributed by atoms with Gasteiger partial charge in [0.05, 0.1) is 11.6 Å². The first kappa shape index (κ1) is 15.0. The Morgan fingerprint density at radius 1 is 1.08 bits per heavy atom. The van der Waals surface area contributed by atoms with E-state index in [1.54, 1.807) is 0 Å². The number of carbonyl (C=O) groups is 1. The second kappa shape index (κ2) is 5.88. The van der Waals surface area contributed by atoms with Crippen molar-refractivity contribution < 1.29 is 9.53 Å². The van der Waals surface area contributed by atoms with E-state index in [0.29, 0.717) is 18.1 Å². The molecule has 6 rings (SSSR count). The molecule has 0 aromatic heterocycles. The quantitative estimate of drug-likeness (QED) is 0.870. The number of nitrogens with one attached hydrogen (secondary N) is 1. The van der Waals surface area contributed by atoms with Crippen LogP contribution in [-0.2, 0) is 6.54 Å². The van der Waals surface area contributed by atoms with Crippen LogP contribution in [0.4, 0.5) is 0 Å². The maximum absolute atomic E-state index is 13.4. The van der Waals surface area contributed by atoms with Gasteiger partial charge in [-0.05, 0) is 30.0 Å². The summed E-state index contributed by atoms with van der Waals surface area (Å²) in [5.41, 5.74) is 4.57. The molecule has 0 spiro atoms. The van der Waals surface area contributed by atoms with Crippen molar-refractivity contribution in [1.82, 2.24) is 10.2 Å². The molecular formula is C21H22N2O2. The minimum Gasteiger partial charge on any atom is -0.491 e. The van der Waals surface area contributed by atoms with Crippen molar-refractivity contribution in [3.63, 3.8) is 0 Å². The zero-order valence-corrected chi connectivity index (χ0v) is 14.2. The highest BCUT2D eigenvalue weighted by Gasteiger charge is 2.41. The maximum atomic E-state index is 13.4. The van der Waals surface area contributed by atoms with Crippen molar-refractivity contribution >= 4 is 5.91 Å². The third-order valence-corrected chi connectivity index (χ3v) is 5.81. The third kappa shape index (κ3) is 2.35. The number of nitrogens with zero attached hydrogens (tertiary/aromatic N) is 1. The lowest BCUT2D eigenvalue weighted by Gasteiger charge is -2.46. The first-order valence-corrected chi connectivity index (χ1v) is 9.18. The molecule has 0 radical (unpaired) electrons. The standard InChI is InChI=1S/C21H22N2O2/c24-21(18-7-3-4-14-12-22-10-11-25-20(14)18)23-13-15-8-9-19(23)17-6-2-1-5-16(15)17/h1-7,15,19,22H,8-13H2/t15-,19-/m0/s1. The summed E-state index contributed by atoms with van der Waals surface area (Å²) >= 11 is 0. The van der Waals surface area contributed by atoms with Crippen LogP contribution >= 0.6 is 0 Å². The number of hydrogen-bond donors (Lipinski definition) is 1. The van der Waals surface area contributed by atoms with Gasteiger partial charge in [-0.15, -0.1) is 0 Å². The Morgan fingerprint density at radius 2 is 1.96 bits per heavy atom. The van der Waals surface area contributed by atoms with Gasteiger partial charge in [0.15, 0.2) is 0 Å². The zero-order chi connectivity index (χ0) is 16.8. The molecule has 4 nitrogen and oxygen atoms in total. The average molecular weight is 334 g/mol. The third-order valence-electron chi connectivity index (χ3n) is 5.81. The molecule has 128 valence electrons.